The summed E-state index contributed by atoms with van der Waals surface area (Å²) in [7, 11) is 0. The molecule has 3 aliphatic heterocycles. The highest BCUT2D eigenvalue weighted by Crippen LogP contribution is 2.47. The Morgan fingerprint density at radius 1 is 1.11 bits per heavy atom. The summed E-state index contributed by atoms with van der Waals surface area (Å²) in [5.74, 6) is 2.29. The van der Waals surface area contributed by atoms with Crippen molar-refractivity contribution in [3.8, 4) is 11.5 Å². The molecule has 3 fully saturated rings. The molecule has 5 rings (SSSR count). The lowest BCUT2D eigenvalue weighted by atomic mass is 9.61. The summed E-state index contributed by atoms with van der Waals surface area (Å²) < 4.78 is 16.6. The average molecular weight is 407 g/mol. The Bertz CT molecular complexity index is 760. The molecule has 1 saturated carbocycles. The Kier molecular flexibility index (Phi) is 4.92. The second-order valence-electron chi connectivity index (χ2n) is 8.16. The van der Waals surface area contributed by atoms with Crippen molar-refractivity contribution in [1.29, 1.82) is 0 Å². The minimum Gasteiger partial charge on any atom is -0.485 e. The molecule has 0 aromatic carbocycles. The lowest BCUT2D eigenvalue weighted by Crippen LogP contribution is -2.57. The van der Waals surface area contributed by atoms with Crippen molar-refractivity contribution >= 4 is 23.2 Å². The second-order valence-corrected chi connectivity index (χ2v) is 9.04. The van der Waals surface area contributed by atoms with Gasteiger partial charge in [0.05, 0.1) is 0 Å². The van der Waals surface area contributed by atoms with Crippen molar-refractivity contribution in [2.75, 3.05) is 39.5 Å². The van der Waals surface area contributed by atoms with E-state index in [9.17, 15) is 9.59 Å². The molecule has 0 bridgehead atoms. The Hall–Kier alpha value is -1.80. The predicted molar refractivity (Wildman–Crippen MR) is 103 cm³/mol. The van der Waals surface area contributed by atoms with Gasteiger partial charge < -0.3 is 24.4 Å². The largest absolute Gasteiger partial charge is 0.485 e. The van der Waals surface area contributed by atoms with Gasteiger partial charge >= 0.3 is 0 Å². The third kappa shape index (κ3) is 3.26. The predicted octanol–water partition coefficient (Wildman–Crippen LogP) is 1.91. The van der Waals surface area contributed by atoms with Crippen molar-refractivity contribution in [2.45, 2.75) is 31.7 Å². The molecule has 0 unspecified atom stereocenters. The van der Waals surface area contributed by atoms with Crippen LogP contribution in [0.1, 0.15) is 35.4 Å². The molecule has 152 valence electrons. The van der Waals surface area contributed by atoms with E-state index >= 15 is 0 Å². The first-order valence-corrected chi connectivity index (χ1v) is 11.1. The summed E-state index contributed by atoms with van der Waals surface area (Å²) in [6.45, 7) is 3.85. The molecular formula is C20H26N2O5S. The van der Waals surface area contributed by atoms with E-state index in [1.165, 1.54) is 11.3 Å². The van der Waals surface area contributed by atoms with Crippen LogP contribution in [-0.2, 0) is 9.53 Å². The smallest absolute Gasteiger partial charge is 0.267 e. The molecule has 4 aliphatic rings. The van der Waals surface area contributed by atoms with E-state index in [4.69, 9.17) is 14.2 Å². The molecule has 4 heterocycles. The fraction of sp³-hybridized carbons (Fsp3) is 0.700. The molecule has 8 heteroatoms. The van der Waals surface area contributed by atoms with Crippen LogP contribution in [0.3, 0.4) is 0 Å². The maximum Gasteiger partial charge on any atom is 0.267 e. The van der Waals surface area contributed by atoms with Gasteiger partial charge in [-0.15, -0.1) is 11.3 Å². The Balaban J connectivity index is 1.22. The standard InChI is InChI=1S/C20H26N2O5S/c23-19(21-13-2-5-25-6-3-13)14-9-12-1-4-22(10-15(12)14)20(24)18-17-16(11-28-18)26-7-8-27-17/h11-15H,1-10H2,(H,21,23)/t12-,14-,15-/m1/s1. The number of nitrogens with one attached hydrogen (secondary N) is 1. The highest BCUT2D eigenvalue weighted by Gasteiger charge is 2.49. The van der Waals surface area contributed by atoms with Crippen molar-refractivity contribution in [1.82, 2.24) is 10.2 Å². The fourth-order valence-electron chi connectivity index (χ4n) is 4.87. The minimum absolute atomic E-state index is 0.00527. The summed E-state index contributed by atoms with van der Waals surface area (Å²) in [6, 6.07) is 0.233. The molecule has 28 heavy (non-hydrogen) atoms. The van der Waals surface area contributed by atoms with E-state index < -0.39 is 0 Å². The summed E-state index contributed by atoms with van der Waals surface area (Å²) in [5.41, 5.74) is 0. The molecule has 3 atom stereocenters. The molecule has 1 aromatic heterocycles. The van der Waals surface area contributed by atoms with Gasteiger partial charge in [-0.05, 0) is 37.5 Å². The topological polar surface area (TPSA) is 77.1 Å². The van der Waals surface area contributed by atoms with Gasteiger partial charge in [-0.1, -0.05) is 0 Å². The fourth-order valence-corrected chi connectivity index (χ4v) is 5.77. The Morgan fingerprint density at radius 3 is 2.79 bits per heavy atom. The van der Waals surface area contributed by atoms with E-state index in [0.717, 1.165) is 45.4 Å². The number of carbonyl (C=O) groups excluding carboxylic acids is 2. The van der Waals surface area contributed by atoms with Crippen LogP contribution < -0.4 is 14.8 Å². The molecule has 1 N–H and O–H groups in total. The summed E-state index contributed by atoms with van der Waals surface area (Å²) >= 11 is 1.39. The number of thiophene rings is 1. The van der Waals surface area contributed by atoms with E-state index in [2.05, 4.69) is 5.32 Å². The first-order chi connectivity index (χ1) is 13.7. The maximum absolute atomic E-state index is 13.1. The van der Waals surface area contributed by atoms with Gasteiger partial charge in [0, 0.05) is 43.6 Å². The van der Waals surface area contributed by atoms with E-state index in [1.807, 2.05) is 10.3 Å². The van der Waals surface area contributed by atoms with Gasteiger partial charge in [0.25, 0.3) is 5.91 Å². The normalized spacial score (nSPS) is 29.6. The van der Waals surface area contributed by atoms with Crippen LogP contribution in [0.15, 0.2) is 5.38 Å². The zero-order valence-corrected chi connectivity index (χ0v) is 16.7. The zero-order chi connectivity index (χ0) is 19.1. The van der Waals surface area contributed by atoms with Crippen LogP contribution in [0.4, 0.5) is 0 Å². The quantitative estimate of drug-likeness (QED) is 0.830. The zero-order valence-electron chi connectivity index (χ0n) is 15.9. The maximum atomic E-state index is 13.1. The molecule has 0 spiro atoms. The van der Waals surface area contributed by atoms with Gasteiger partial charge in [-0.3, -0.25) is 9.59 Å². The van der Waals surface area contributed by atoms with Crippen LogP contribution >= 0.6 is 11.3 Å². The Labute approximate surface area is 168 Å². The number of amides is 2. The molecule has 1 aromatic rings. The van der Waals surface area contributed by atoms with E-state index in [0.29, 0.717) is 42.1 Å². The number of carbonyl (C=O) groups is 2. The number of piperidine rings is 1. The van der Waals surface area contributed by atoms with Gasteiger partial charge in [0.1, 0.15) is 18.1 Å². The first kappa shape index (κ1) is 18.2. The van der Waals surface area contributed by atoms with Crippen LogP contribution in [0.25, 0.3) is 0 Å². The summed E-state index contributed by atoms with van der Waals surface area (Å²) in [4.78, 5) is 28.4. The van der Waals surface area contributed by atoms with Gasteiger partial charge in [0.15, 0.2) is 11.5 Å². The molecule has 2 saturated heterocycles. The average Bonchev–Trinajstić information content (AvgIpc) is 3.13. The number of fused-ring (bicyclic) bond motifs is 2. The summed E-state index contributed by atoms with van der Waals surface area (Å²) in [6.07, 6.45) is 3.71. The SMILES string of the molecule is O=C(NC1CCOCC1)[C@@H]1C[C@H]2CCN(C(=O)c3scc4c3OCCO4)C[C@H]21. The minimum atomic E-state index is 0.00527. The summed E-state index contributed by atoms with van der Waals surface area (Å²) in [5, 5.41) is 5.06. The van der Waals surface area contributed by atoms with Gasteiger partial charge in [-0.2, -0.15) is 0 Å². The van der Waals surface area contributed by atoms with Crippen molar-refractivity contribution in [2.24, 2.45) is 17.8 Å². The molecule has 1 aliphatic carbocycles. The molecule has 7 nitrogen and oxygen atoms in total. The number of hydrogen-bond acceptors (Lipinski definition) is 6. The second kappa shape index (κ2) is 7.55. The number of likely N-dealkylation sites (tertiary alicyclic amines) is 1. The van der Waals surface area contributed by atoms with Crippen LogP contribution in [0.5, 0.6) is 11.5 Å². The van der Waals surface area contributed by atoms with E-state index in [-0.39, 0.29) is 29.7 Å². The number of ether oxygens (including phenoxy) is 3. The van der Waals surface area contributed by atoms with Gasteiger partial charge in [0.2, 0.25) is 5.91 Å². The van der Waals surface area contributed by atoms with Crippen LogP contribution in [0, 0.1) is 17.8 Å². The van der Waals surface area contributed by atoms with Crippen LogP contribution in [0.2, 0.25) is 0 Å². The molecular weight excluding hydrogens is 380 g/mol. The number of nitrogens with zero attached hydrogens (tertiary/aromatic N) is 1. The van der Waals surface area contributed by atoms with Crippen LogP contribution in [-0.4, -0.2) is 62.3 Å². The first-order valence-electron chi connectivity index (χ1n) is 10.2. The lowest BCUT2D eigenvalue weighted by Gasteiger charge is -2.50. The third-order valence-corrected chi connectivity index (χ3v) is 7.49. The van der Waals surface area contributed by atoms with Crippen molar-refractivity contribution < 1.29 is 23.8 Å². The highest BCUT2D eigenvalue weighted by molar-refractivity contribution is 7.12. The number of rotatable bonds is 3. The number of hydrogen-bond donors (Lipinski definition) is 1. The van der Waals surface area contributed by atoms with Crippen molar-refractivity contribution in [3.63, 3.8) is 0 Å². The lowest BCUT2D eigenvalue weighted by molar-refractivity contribution is -0.137. The van der Waals surface area contributed by atoms with Crippen molar-refractivity contribution in [3.05, 3.63) is 10.3 Å². The van der Waals surface area contributed by atoms with Gasteiger partial charge in [-0.25, -0.2) is 0 Å². The van der Waals surface area contributed by atoms with E-state index in [1.54, 1.807) is 0 Å². The Morgan fingerprint density at radius 2 is 1.93 bits per heavy atom. The molecule has 2 amide bonds. The third-order valence-electron chi connectivity index (χ3n) is 6.57. The molecule has 0 radical (unpaired) electrons. The highest BCUT2D eigenvalue weighted by atomic mass is 32.1. The monoisotopic (exact) mass is 406 g/mol.